The molecule has 0 aliphatic rings. The molecule has 1 aromatic heterocycles. The van der Waals surface area contributed by atoms with E-state index in [-0.39, 0.29) is 0 Å². The van der Waals surface area contributed by atoms with E-state index in [0.29, 0.717) is 5.69 Å². The first-order valence-electron chi connectivity index (χ1n) is 5.34. The summed E-state index contributed by atoms with van der Waals surface area (Å²) in [7, 11) is 3.38. The van der Waals surface area contributed by atoms with Crippen LogP contribution < -0.4 is 4.74 Å². The van der Waals surface area contributed by atoms with E-state index in [9.17, 15) is 9.90 Å². The number of hydrogen-bond acceptors (Lipinski definition) is 2. The number of benzene rings is 1. The molecule has 2 aromatic rings. The van der Waals surface area contributed by atoms with Crippen LogP contribution in [0.3, 0.4) is 0 Å². The van der Waals surface area contributed by atoms with E-state index in [1.54, 1.807) is 18.7 Å². The fourth-order valence-corrected chi connectivity index (χ4v) is 2.39. The molecule has 1 heterocycles. The van der Waals surface area contributed by atoms with Gasteiger partial charge in [-0.2, -0.15) is 0 Å². The molecule has 0 unspecified atom stereocenters. The van der Waals surface area contributed by atoms with E-state index in [2.05, 4.69) is 0 Å². The molecule has 1 N–H and O–H groups in total. The van der Waals surface area contributed by atoms with Crippen molar-refractivity contribution in [2.24, 2.45) is 7.05 Å². The Morgan fingerprint density at radius 2 is 2.00 bits per heavy atom. The van der Waals surface area contributed by atoms with Crippen molar-refractivity contribution in [1.82, 2.24) is 4.57 Å². The van der Waals surface area contributed by atoms with Crippen molar-refractivity contribution >= 4 is 16.9 Å². The lowest BCUT2D eigenvalue weighted by Gasteiger charge is -2.05. The molecule has 90 valence electrons. The molecule has 0 saturated carbocycles. The Kier molecular flexibility index (Phi) is 2.58. The SMILES string of the molecule is COc1cc(C)c2c(c1)c(C)c(C(=O)O)n2C. The van der Waals surface area contributed by atoms with Gasteiger partial charge in [-0.15, -0.1) is 0 Å². The van der Waals surface area contributed by atoms with Gasteiger partial charge in [0.25, 0.3) is 0 Å². The standard InChI is InChI=1S/C13H15NO3/c1-7-5-9(17-4)6-10-8(2)12(13(15)16)14(3)11(7)10/h5-6H,1-4H3,(H,15,16). The lowest BCUT2D eigenvalue weighted by molar-refractivity contribution is 0.0686. The Bertz CT molecular complexity index is 611. The third-order valence-corrected chi connectivity index (χ3v) is 3.14. The van der Waals surface area contributed by atoms with E-state index in [0.717, 1.165) is 27.8 Å². The first kappa shape index (κ1) is 11.5. The van der Waals surface area contributed by atoms with E-state index in [4.69, 9.17) is 4.74 Å². The lowest BCUT2D eigenvalue weighted by Crippen LogP contribution is -2.05. The third-order valence-electron chi connectivity index (χ3n) is 3.14. The number of nitrogens with zero attached hydrogens (tertiary/aromatic N) is 1. The summed E-state index contributed by atoms with van der Waals surface area (Å²) in [6.07, 6.45) is 0. The van der Waals surface area contributed by atoms with Crippen LogP contribution in [0, 0.1) is 13.8 Å². The second-order valence-corrected chi connectivity index (χ2v) is 4.18. The van der Waals surface area contributed by atoms with Gasteiger partial charge in [-0.1, -0.05) is 0 Å². The fourth-order valence-electron chi connectivity index (χ4n) is 2.39. The van der Waals surface area contributed by atoms with Gasteiger partial charge in [-0.05, 0) is 37.1 Å². The van der Waals surface area contributed by atoms with Gasteiger partial charge in [0.2, 0.25) is 0 Å². The summed E-state index contributed by atoms with van der Waals surface area (Å²) in [6, 6.07) is 3.79. The summed E-state index contributed by atoms with van der Waals surface area (Å²) >= 11 is 0. The van der Waals surface area contributed by atoms with E-state index in [1.165, 1.54) is 0 Å². The van der Waals surface area contributed by atoms with Crippen LogP contribution in [-0.2, 0) is 7.05 Å². The van der Waals surface area contributed by atoms with Crippen molar-refractivity contribution in [3.8, 4) is 5.75 Å². The van der Waals surface area contributed by atoms with Gasteiger partial charge in [0.05, 0.1) is 12.6 Å². The average molecular weight is 233 g/mol. The first-order valence-corrected chi connectivity index (χ1v) is 5.34. The van der Waals surface area contributed by atoms with Crippen LogP contribution in [0.4, 0.5) is 0 Å². The highest BCUT2D eigenvalue weighted by Gasteiger charge is 2.19. The van der Waals surface area contributed by atoms with Gasteiger partial charge < -0.3 is 14.4 Å². The largest absolute Gasteiger partial charge is 0.497 e. The molecule has 4 nitrogen and oxygen atoms in total. The maximum Gasteiger partial charge on any atom is 0.352 e. The molecule has 1 aromatic carbocycles. The quantitative estimate of drug-likeness (QED) is 0.867. The zero-order valence-corrected chi connectivity index (χ0v) is 10.4. The van der Waals surface area contributed by atoms with Crippen LogP contribution in [0.25, 0.3) is 10.9 Å². The number of carboxylic acids is 1. The van der Waals surface area contributed by atoms with Gasteiger partial charge in [0, 0.05) is 12.4 Å². The molecule has 0 aliphatic heterocycles. The van der Waals surface area contributed by atoms with Crippen LogP contribution in [-0.4, -0.2) is 22.8 Å². The smallest absolute Gasteiger partial charge is 0.352 e. The minimum absolute atomic E-state index is 0.330. The van der Waals surface area contributed by atoms with Crippen LogP contribution >= 0.6 is 0 Å². The molecule has 2 rings (SSSR count). The summed E-state index contributed by atoms with van der Waals surface area (Å²) in [6.45, 7) is 3.78. The average Bonchev–Trinajstić information content (AvgIpc) is 2.51. The number of aryl methyl sites for hydroxylation is 3. The molecule has 0 amide bonds. The Labute approximate surface area is 99.4 Å². The lowest BCUT2D eigenvalue weighted by atomic mass is 10.1. The number of carboxylic acid groups (broad SMARTS) is 1. The van der Waals surface area contributed by atoms with Crippen LogP contribution in [0.15, 0.2) is 12.1 Å². The van der Waals surface area contributed by atoms with Crippen LogP contribution in [0.5, 0.6) is 5.75 Å². The van der Waals surface area contributed by atoms with Crippen LogP contribution in [0.1, 0.15) is 21.6 Å². The second-order valence-electron chi connectivity index (χ2n) is 4.18. The molecule has 0 saturated heterocycles. The molecule has 4 heteroatoms. The minimum Gasteiger partial charge on any atom is -0.497 e. The third kappa shape index (κ3) is 1.56. The Morgan fingerprint density at radius 1 is 1.35 bits per heavy atom. The highest BCUT2D eigenvalue weighted by molar-refractivity contribution is 5.99. The van der Waals surface area contributed by atoms with Crippen molar-refractivity contribution in [1.29, 1.82) is 0 Å². The zero-order chi connectivity index (χ0) is 12.7. The van der Waals surface area contributed by atoms with Crippen molar-refractivity contribution in [3.63, 3.8) is 0 Å². The van der Waals surface area contributed by atoms with E-state index in [1.807, 2.05) is 26.0 Å². The fraction of sp³-hybridized carbons (Fsp3) is 0.308. The number of ether oxygens (including phenoxy) is 1. The molecule has 0 bridgehead atoms. The molecule has 0 aliphatic carbocycles. The monoisotopic (exact) mass is 233 g/mol. The zero-order valence-electron chi connectivity index (χ0n) is 10.4. The summed E-state index contributed by atoms with van der Waals surface area (Å²) in [5.41, 5.74) is 3.06. The normalized spacial score (nSPS) is 10.8. The summed E-state index contributed by atoms with van der Waals surface area (Å²) in [5, 5.41) is 10.1. The van der Waals surface area contributed by atoms with Gasteiger partial charge in [-0.25, -0.2) is 4.79 Å². The molecule has 0 radical (unpaired) electrons. The van der Waals surface area contributed by atoms with Gasteiger partial charge in [0.15, 0.2) is 0 Å². The highest BCUT2D eigenvalue weighted by Crippen LogP contribution is 2.31. The molecular formula is C13H15NO3. The molecular weight excluding hydrogens is 218 g/mol. The number of hydrogen-bond donors (Lipinski definition) is 1. The molecule has 0 fully saturated rings. The molecule has 0 spiro atoms. The van der Waals surface area contributed by atoms with Crippen molar-refractivity contribution in [2.45, 2.75) is 13.8 Å². The Hall–Kier alpha value is -1.97. The topological polar surface area (TPSA) is 51.5 Å². The van der Waals surface area contributed by atoms with E-state index < -0.39 is 5.97 Å². The summed E-state index contributed by atoms with van der Waals surface area (Å²) < 4.78 is 6.94. The van der Waals surface area contributed by atoms with Crippen molar-refractivity contribution in [3.05, 3.63) is 29.0 Å². The Morgan fingerprint density at radius 3 is 2.53 bits per heavy atom. The van der Waals surface area contributed by atoms with Gasteiger partial charge in [-0.3, -0.25) is 0 Å². The van der Waals surface area contributed by atoms with Crippen molar-refractivity contribution < 1.29 is 14.6 Å². The number of fused-ring (bicyclic) bond motifs is 1. The summed E-state index contributed by atoms with van der Waals surface area (Å²) in [5.74, 6) is -0.153. The number of aromatic carboxylic acids is 1. The number of aromatic nitrogens is 1. The molecule has 0 atom stereocenters. The highest BCUT2D eigenvalue weighted by atomic mass is 16.5. The predicted octanol–water partition coefficient (Wildman–Crippen LogP) is 2.50. The number of carbonyl (C=O) groups is 1. The van der Waals surface area contributed by atoms with Gasteiger partial charge >= 0.3 is 5.97 Å². The van der Waals surface area contributed by atoms with Gasteiger partial charge in [0.1, 0.15) is 11.4 Å². The van der Waals surface area contributed by atoms with Crippen LogP contribution in [0.2, 0.25) is 0 Å². The summed E-state index contributed by atoms with van der Waals surface area (Å²) in [4.78, 5) is 11.2. The Balaban J connectivity index is 2.92. The van der Waals surface area contributed by atoms with Crippen molar-refractivity contribution in [2.75, 3.05) is 7.11 Å². The number of methoxy groups -OCH3 is 1. The van der Waals surface area contributed by atoms with E-state index >= 15 is 0 Å². The number of rotatable bonds is 2. The minimum atomic E-state index is -0.903. The maximum absolute atomic E-state index is 11.2. The second kappa shape index (κ2) is 3.80. The predicted molar refractivity (Wildman–Crippen MR) is 65.9 cm³/mol. The first-order chi connectivity index (χ1) is 7.97. The maximum atomic E-state index is 11.2. The molecule has 17 heavy (non-hydrogen) atoms.